The minimum Gasteiger partial charge on any atom is -0.361 e. The molecule has 1 amide bonds. The molecule has 0 atom stereocenters. The topological polar surface area (TPSA) is 82.2 Å². The lowest BCUT2D eigenvalue weighted by Gasteiger charge is -2.03. The number of hydrogen-bond acceptors (Lipinski definition) is 5. The zero-order valence-electron chi connectivity index (χ0n) is 17.2. The number of carbonyl (C=O) groups is 1. The Morgan fingerprint density at radius 3 is 2.64 bits per heavy atom. The van der Waals surface area contributed by atoms with Gasteiger partial charge in [-0.15, -0.1) is 11.3 Å². The molecule has 0 aliphatic carbocycles. The monoisotopic (exact) mass is 471 g/mol. The van der Waals surface area contributed by atoms with Crippen molar-refractivity contribution in [3.63, 3.8) is 0 Å². The molecule has 5 rings (SSSR count). The predicted octanol–water partition coefficient (Wildman–Crippen LogP) is 6.45. The average Bonchev–Trinajstić information content (AvgIpc) is 3.48. The molecule has 8 heteroatoms. The van der Waals surface area contributed by atoms with E-state index in [9.17, 15) is 4.79 Å². The molecule has 5 aromatic rings. The number of amides is 1. The molecule has 0 unspecified atom stereocenters. The summed E-state index contributed by atoms with van der Waals surface area (Å²) in [5.41, 5.74) is 7.71. The standard InChI is InChI=1S/C25H18ClN5OS/c26-19-9-11-20(12-10-19)29-25-30-23(15-33-25)16-5-7-17(8-6-16)24(32)31-28-14-18-13-27-22-4-2-1-3-21(18)22/h1-15,27H,(H,29,30)(H,31,32)/b28-14+. The number of thiazole rings is 1. The first kappa shape index (κ1) is 20.9. The molecule has 0 fully saturated rings. The normalized spacial score (nSPS) is 11.2. The van der Waals surface area contributed by atoms with Crippen molar-refractivity contribution in [3.8, 4) is 11.3 Å². The van der Waals surface area contributed by atoms with Crippen LogP contribution < -0.4 is 10.7 Å². The number of nitrogens with one attached hydrogen (secondary N) is 3. The molecule has 0 saturated heterocycles. The Hall–Kier alpha value is -3.94. The molecule has 0 radical (unpaired) electrons. The highest BCUT2D eigenvalue weighted by atomic mass is 35.5. The van der Waals surface area contributed by atoms with E-state index in [4.69, 9.17) is 11.6 Å². The minimum absolute atomic E-state index is 0.277. The van der Waals surface area contributed by atoms with Crippen LogP contribution in [0.15, 0.2) is 89.5 Å². The fourth-order valence-electron chi connectivity index (χ4n) is 3.34. The lowest BCUT2D eigenvalue weighted by molar-refractivity contribution is 0.0955. The Morgan fingerprint density at radius 1 is 1.03 bits per heavy atom. The van der Waals surface area contributed by atoms with Crippen LogP contribution in [0.25, 0.3) is 22.2 Å². The molecular weight excluding hydrogens is 454 g/mol. The van der Waals surface area contributed by atoms with E-state index in [1.165, 1.54) is 11.3 Å². The maximum absolute atomic E-state index is 12.5. The van der Waals surface area contributed by atoms with Gasteiger partial charge in [0.15, 0.2) is 5.13 Å². The number of H-pyrrole nitrogens is 1. The largest absolute Gasteiger partial charge is 0.361 e. The number of hydrogen-bond donors (Lipinski definition) is 3. The molecule has 33 heavy (non-hydrogen) atoms. The average molecular weight is 472 g/mol. The molecule has 2 aromatic heterocycles. The maximum Gasteiger partial charge on any atom is 0.271 e. The number of benzene rings is 3. The third-order valence-electron chi connectivity index (χ3n) is 5.03. The Balaban J connectivity index is 1.22. The number of anilines is 2. The fourth-order valence-corrected chi connectivity index (χ4v) is 4.20. The fraction of sp³-hybridized carbons (Fsp3) is 0. The molecular formula is C25H18ClN5OS. The van der Waals surface area contributed by atoms with Gasteiger partial charge in [-0.3, -0.25) is 4.79 Å². The Labute approximate surface area is 199 Å². The molecule has 0 bridgehead atoms. The van der Waals surface area contributed by atoms with Crippen molar-refractivity contribution in [1.82, 2.24) is 15.4 Å². The van der Waals surface area contributed by atoms with E-state index in [-0.39, 0.29) is 5.91 Å². The summed E-state index contributed by atoms with van der Waals surface area (Å²) in [6.45, 7) is 0. The third kappa shape index (κ3) is 4.79. The van der Waals surface area contributed by atoms with E-state index in [1.807, 2.05) is 72.2 Å². The summed E-state index contributed by atoms with van der Waals surface area (Å²) in [5.74, 6) is -0.277. The van der Waals surface area contributed by atoms with Crippen LogP contribution in [0.4, 0.5) is 10.8 Å². The second-order valence-electron chi connectivity index (χ2n) is 7.24. The number of para-hydroxylation sites is 1. The number of nitrogens with zero attached hydrogens (tertiary/aromatic N) is 2. The van der Waals surface area contributed by atoms with Crippen LogP contribution >= 0.6 is 22.9 Å². The summed E-state index contributed by atoms with van der Waals surface area (Å²) >= 11 is 7.44. The smallest absolute Gasteiger partial charge is 0.271 e. The first-order chi connectivity index (χ1) is 16.2. The zero-order valence-corrected chi connectivity index (χ0v) is 18.8. The van der Waals surface area contributed by atoms with E-state index < -0.39 is 0 Å². The summed E-state index contributed by atoms with van der Waals surface area (Å²) in [6, 6.07) is 22.7. The number of carbonyl (C=O) groups excluding carboxylic acids is 1. The van der Waals surface area contributed by atoms with Crippen LogP contribution in [-0.4, -0.2) is 22.1 Å². The van der Waals surface area contributed by atoms with Crippen LogP contribution in [0.2, 0.25) is 5.02 Å². The van der Waals surface area contributed by atoms with Gasteiger partial charge >= 0.3 is 0 Å². The van der Waals surface area contributed by atoms with Gasteiger partial charge in [0, 0.05) is 49.9 Å². The molecule has 0 saturated carbocycles. The summed E-state index contributed by atoms with van der Waals surface area (Å²) in [7, 11) is 0. The van der Waals surface area contributed by atoms with Gasteiger partial charge in [0.05, 0.1) is 11.9 Å². The minimum atomic E-state index is -0.277. The Bertz CT molecular complexity index is 1440. The van der Waals surface area contributed by atoms with E-state index in [1.54, 1.807) is 18.3 Å². The van der Waals surface area contributed by atoms with Gasteiger partial charge in [-0.1, -0.05) is 41.9 Å². The molecule has 3 aromatic carbocycles. The van der Waals surface area contributed by atoms with Gasteiger partial charge in [-0.25, -0.2) is 10.4 Å². The molecule has 0 aliphatic heterocycles. The molecule has 162 valence electrons. The third-order valence-corrected chi connectivity index (χ3v) is 6.04. The van der Waals surface area contributed by atoms with Gasteiger partial charge < -0.3 is 10.3 Å². The van der Waals surface area contributed by atoms with Crippen molar-refractivity contribution in [3.05, 3.63) is 101 Å². The van der Waals surface area contributed by atoms with Crippen LogP contribution in [0.5, 0.6) is 0 Å². The highest BCUT2D eigenvalue weighted by molar-refractivity contribution is 7.14. The molecule has 6 nitrogen and oxygen atoms in total. The molecule has 3 N–H and O–H groups in total. The highest BCUT2D eigenvalue weighted by Gasteiger charge is 2.08. The number of hydrazone groups is 1. The summed E-state index contributed by atoms with van der Waals surface area (Å²) < 4.78 is 0. The first-order valence-corrected chi connectivity index (χ1v) is 11.4. The second kappa shape index (κ2) is 9.28. The molecule has 0 aliphatic rings. The summed E-state index contributed by atoms with van der Waals surface area (Å²) in [5, 5.41) is 11.8. The summed E-state index contributed by atoms with van der Waals surface area (Å²) in [4.78, 5) is 20.3. The number of aromatic amines is 1. The van der Waals surface area contributed by atoms with Gasteiger partial charge in [-0.2, -0.15) is 5.10 Å². The SMILES string of the molecule is O=C(N/N=C/c1c[nH]c2ccccc12)c1ccc(-c2csc(Nc3ccc(Cl)cc3)n2)cc1. The van der Waals surface area contributed by atoms with E-state index in [0.717, 1.165) is 38.5 Å². The lowest BCUT2D eigenvalue weighted by atomic mass is 10.1. The number of halogens is 1. The molecule has 0 spiro atoms. The highest BCUT2D eigenvalue weighted by Crippen LogP contribution is 2.28. The maximum atomic E-state index is 12.5. The van der Waals surface area contributed by atoms with E-state index >= 15 is 0 Å². The van der Waals surface area contributed by atoms with Crippen molar-refractivity contribution in [2.45, 2.75) is 0 Å². The lowest BCUT2D eigenvalue weighted by Crippen LogP contribution is -2.17. The van der Waals surface area contributed by atoms with Crippen molar-refractivity contribution in [2.24, 2.45) is 5.10 Å². The number of aromatic nitrogens is 2. The quantitative estimate of drug-likeness (QED) is 0.196. The molecule has 2 heterocycles. The van der Waals surface area contributed by atoms with E-state index in [0.29, 0.717) is 10.6 Å². The van der Waals surface area contributed by atoms with Crippen molar-refractivity contribution >= 4 is 56.8 Å². The van der Waals surface area contributed by atoms with Crippen molar-refractivity contribution < 1.29 is 4.79 Å². The van der Waals surface area contributed by atoms with Gasteiger partial charge in [0.2, 0.25) is 0 Å². The van der Waals surface area contributed by atoms with Gasteiger partial charge in [0.25, 0.3) is 5.91 Å². The Kier molecular flexibility index (Phi) is 5.89. The number of rotatable bonds is 6. The van der Waals surface area contributed by atoms with Crippen molar-refractivity contribution in [2.75, 3.05) is 5.32 Å². The first-order valence-electron chi connectivity index (χ1n) is 10.1. The second-order valence-corrected chi connectivity index (χ2v) is 8.53. The van der Waals surface area contributed by atoms with Crippen molar-refractivity contribution in [1.29, 1.82) is 0 Å². The van der Waals surface area contributed by atoms with Gasteiger partial charge in [0.1, 0.15) is 0 Å². The van der Waals surface area contributed by atoms with Crippen LogP contribution in [-0.2, 0) is 0 Å². The van der Waals surface area contributed by atoms with Crippen LogP contribution in [0.3, 0.4) is 0 Å². The number of fused-ring (bicyclic) bond motifs is 1. The predicted molar refractivity (Wildman–Crippen MR) is 136 cm³/mol. The Morgan fingerprint density at radius 2 is 1.82 bits per heavy atom. The van der Waals surface area contributed by atoms with Crippen LogP contribution in [0.1, 0.15) is 15.9 Å². The zero-order chi connectivity index (χ0) is 22.6. The van der Waals surface area contributed by atoms with E-state index in [2.05, 4.69) is 25.8 Å². The summed E-state index contributed by atoms with van der Waals surface area (Å²) in [6.07, 6.45) is 3.49. The van der Waals surface area contributed by atoms with Crippen LogP contribution in [0, 0.1) is 0 Å². The van der Waals surface area contributed by atoms with Gasteiger partial charge in [-0.05, 0) is 42.5 Å².